The second-order valence-corrected chi connectivity index (χ2v) is 7.36. The zero-order chi connectivity index (χ0) is 16.0. The van der Waals surface area contributed by atoms with Crippen LogP contribution in [0.4, 0.5) is 0 Å². The molecule has 0 radical (unpaired) electrons. The monoisotopic (exact) mass is 297 g/mol. The fraction of sp³-hybridized carbons (Fsp3) is 0.941. The third-order valence-electron chi connectivity index (χ3n) is 4.74. The van der Waals surface area contributed by atoms with Gasteiger partial charge in [-0.2, -0.15) is 0 Å². The molecule has 1 aliphatic rings. The molecule has 4 heteroatoms. The molecule has 0 aromatic heterocycles. The van der Waals surface area contributed by atoms with Crippen molar-refractivity contribution < 1.29 is 4.79 Å². The molecule has 4 nitrogen and oxygen atoms in total. The number of amides is 1. The van der Waals surface area contributed by atoms with E-state index in [1.54, 1.807) is 0 Å². The maximum atomic E-state index is 12.5. The van der Waals surface area contributed by atoms with E-state index in [1.165, 1.54) is 0 Å². The lowest BCUT2D eigenvalue weighted by Crippen LogP contribution is -2.45. The number of carbonyl (C=O) groups is 1. The summed E-state index contributed by atoms with van der Waals surface area (Å²) in [5.74, 6) is 1.55. The van der Waals surface area contributed by atoms with Crippen molar-refractivity contribution in [2.24, 2.45) is 23.5 Å². The second-order valence-electron chi connectivity index (χ2n) is 7.36. The van der Waals surface area contributed by atoms with Gasteiger partial charge in [0.15, 0.2) is 0 Å². The van der Waals surface area contributed by atoms with Crippen molar-refractivity contribution in [2.75, 3.05) is 33.2 Å². The molecule has 0 aromatic rings. The van der Waals surface area contributed by atoms with Gasteiger partial charge in [-0.15, -0.1) is 0 Å². The van der Waals surface area contributed by atoms with E-state index in [9.17, 15) is 4.79 Å². The maximum absolute atomic E-state index is 12.5. The summed E-state index contributed by atoms with van der Waals surface area (Å²) in [4.78, 5) is 17.0. The Hall–Kier alpha value is -0.610. The highest BCUT2D eigenvalue weighted by Gasteiger charge is 2.28. The number of piperidine rings is 1. The molecule has 1 aliphatic heterocycles. The van der Waals surface area contributed by atoms with Crippen LogP contribution in [0.1, 0.15) is 47.0 Å². The molecule has 1 atom stereocenters. The van der Waals surface area contributed by atoms with Crippen LogP contribution < -0.4 is 5.73 Å². The van der Waals surface area contributed by atoms with Gasteiger partial charge >= 0.3 is 0 Å². The van der Waals surface area contributed by atoms with Crippen LogP contribution in [0.3, 0.4) is 0 Å². The zero-order valence-electron chi connectivity index (χ0n) is 14.6. The molecule has 1 unspecified atom stereocenters. The minimum Gasteiger partial charge on any atom is -0.342 e. The molecule has 2 N–H and O–H groups in total. The molecule has 124 valence electrons. The number of likely N-dealkylation sites (tertiary alicyclic amines) is 1. The standard InChI is InChI=1S/C17H35N3O/c1-13(2)10-16(11-18)17(21)20-8-6-15(7-9-20)12-19(5)14(3)4/h13-16H,6-12,18H2,1-5H3. The normalized spacial score (nSPS) is 18.8. The number of carbonyl (C=O) groups excluding carboxylic acids is 1. The van der Waals surface area contributed by atoms with Crippen molar-refractivity contribution in [1.82, 2.24) is 9.80 Å². The SMILES string of the molecule is CC(C)CC(CN)C(=O)N1CCC(CN(C)C(C)C)CC1. The van der Waals surface area contributed by atoms with Crippen molar-refractivity contribution in [3.8, 4) is 0 Å². The third kappa shape index (κ3) is 5.95. The van der Waals surface area contributed by atoms with Crippen molar-refractivity contribution in [3.63, 3.8) is 0 Å². The Labute approximate surface area is 131 Å². The molecule has 1 amide bonds. The summed E-state index contributed by atoms with van der Waals surface area (Å²) in [7, 11) is 2.19. The molecule has 0 spiro atoms. The van der Waals surface area contributed by atoms with E-state index in [1.807, 2.05) is 4.90 Å². The molecule has 1 fully saturated rings. The van der Waals surface area contributed by atoms with Crippen LogP contribution in [-0.4, -0.2) is 55.0 Å². The number of nitrogens with zero attached hydrogens (tertiary/aromatic N) is 2. The van der Waals surface area contributed by atoms with Crippen LogP contribution >= 0.6 is 0 Å². The molecule has 21 heavy (non-hydrogen) atoms. The first-order valence-electron chi connectivity index (χ1n) is 8.54. The Bertz CT molecular complexity index is 309. The van der Waals surface area contributed by atoms with Gasteiger partial charge in [0.05, 0.1) is 5.92 Å². The Morgan fingerprint density at radius 1 is 1.24 bits per heavy atom. The molecule has 1 rings (SSSR count). The van der Waals surface area contributed by atoms with E-state index in [0.717, 1.165) is 44.8 Å². The van der Waals surface area contributed by atoms with E-state index in [2.05, 4.69) is 39.6 Å². The van der Waals surface area contributed by atoms with Crippen molar-refractivity contribution in [1.29, 1.82) is 0 Å². The first-order valence-corrected chi connectivity index (χ1v) is 8.54. The third-order valence-corrected chi connectivity index (χ3v) is 4.74. The largest absolute Gasteiger partial charge is 0.342 e. The van der Waals surface area contributed by atoms with Gasteiger partial charge in [0, 0.05) is 32.2 Å². The van der Waals surface area contributed by atoms with Crippen LogP contribution in [0.5, 0.6) is 0 Å². The minimum absolute atomic E-state index is 0.0138. The minimum atomic E-state index is 0.0138. The van der Waals surface area contributed by atoms with Gasteiger partial charge in [0.1, 0.15) is 0 Å². The average Bonchev–Trinajstić information content (AvgIpc) is 2.44. The Kier molecular flexibility index (Phi) is 7.67. The summed E-state index contributed by atoms with van der Waals surface area (Å²) in [5.41, 5.74) is 5.80. The Morgan fingerprint density at radius 2 is 1.81 bits per heavy atom. The van der Waals surface area contributed by atoms with E-state index in [0.29, 0.717) is 18.5 Å². The van der Waals surface area contributed by atoms with Gasteiger partial charge in [-0.25, -0.2) is 0 Å². The Balaban J connectivity index is 2.42. The fourth-order valence-electron chi connectivity index (χ4n) is 3.08. The molecule has 0 saturated carbocycles. The first kappa shape index (κ1) is 18.4. The van der Waals surface area contributed by atoms with Crippen LogP contribution in [0.25, 0.3) is 0 Å². The molecule has 1 saturated heterocycles. The first-order chi connectivity index (χ1) is 9.85. The van der Waals surface area contributed by atoms with Crippen LogP contribution in [0.15, 0.2) is 0 Å². The zero-order valence-corrected chi connectivity index (χ0v) is 14.6. The highest BCUT2D eigenvalue weighted by atomic mass is 16.2. The number of hydrogen-bond acceptors (Lipinski definition) is 3. The predicted molar refractivity (Wildman–Crippen MR) is 89.1 cm³/mol. The lowest BCUT2D eigenvalue weighted by molar-refractivity contribution is -0.137. The smallest absolute Gasteiger partial charge is 0.226 e. The van der Waals surface area contributed by atoms with Crippen LogP contribution in [0.2, 0.25) is 0 Å². The summed E-state index contributed by atoms with van der Waals surface area (Å²) in [6.45, 7) is 12.2. The van der Waals surface area contributed by atoms with Gasteiger partial charge in [-0.3, -0.25) is 4.79 Å². The molecular weight excluding hydrogens is 262 g/mol. The quantitative estimate of drug-likeness (QED) is 0.783. The topological polar surface area (TPSA) is 49.6 Å². The molecular formula is C17H35N3O. The average molecular weight is 297 g/mol. The van der Waals surface area contributed by atoms with Gasteiger partial charge in [-0.05, 0) is 52.0 Å². The fourth-order valence-corrected chi connectivity index (χ4v) is 3.08. The van der Waals surface area contributed by atoms with Gasteiger partial charge in [0.25, 0.3) is 0 Å². The highest BCUT2D eigenvalue weighted by Crippen LogP contribution is 2.22. The maximum Gasteiger partial charge on any atom is 0.226 e. The summed E-state index contributed by atoms with van der Waals surface area (Å²) in [6.07, 6.45) is 3.16. The van der Waals surface area contributed by atoms with Crippen LogP contribution in [-0.2, 0) is 4.79 Å². The Morgan fingerprint density at radius 3 is 2.24 bits per heavy atom. The second kappa shape index (κ2) is 8.74. The predicted octanol–water partition coefficient (Wildman–Crippen LogP) is 2.19. The molecule has 0 bridgehead atoms. The summed E-state index contributed by atoms with van der Waals surface area (Å²) in [5, 5.41) is 0. The van der Waals surface area contributed by atoms with E-state index in [4.69, 9.17) is 5.73 Å². The number of nitrogens with two attached hydrogens (primary N) is 1. The lowest BCUT2D eigenvalue weighted by Gasteiger charge is -2.36. The number of hydrogen-bond donors (Lipinski definition) is 1. The summed E-state index contributed by atoms with van der Waals surface area (Å²) >= 11 is 0. The van der Waals surface area contributed by atoms with Crippen LogP contribution in [0, 0.1) is 17.8 Å². The van der Waals surface area contributed by atoms with Crippen molar-refractivity contribution >= 4 is 5.91 Å². The number of rotatable bonds is 7. The lowest BCUT2D eigenvalue weighted by atomic mass is 9.92. The molecule has 1 heterocycles. The van der Waals surface area contributed by atoms with E-state index < -0.39 is 0 Å². The van der Waals surface area contributed by atoms with E-state index >= 15 is 0 Å². The summed E-state index contributed by atoms with van der Waals surface area (Å²) in [6, 6.07) is 0.595. The molecule has 0 aliphatic carbocycles. The van der Waals surface area contributed by atoms with E-state index in [-0.39, 0.29) is 11.8 Å². The van der Waals surface area contributed by atoms with Gasteiger partial charge in [0.2, 0.25) is 5.91 Å². The van der Waals surface area contributed by atoms with Crippen molar-refractivity contribution in [2.45, 2.75) is 53.0 Å². The van der Waals surface area contributed by atoms with Gasteiger partial charge < -0.3 is 15.5 Å². The highest BCUT2D eigenvalue weighted by molar-refractivity contribution is 5.79. The summed E-state index contributed by atoms with van der Waals surface area (Å²) < 4.78 is 0. The molecule has 0 aromatic carbocycles. The van der Waals surface area contributed by atoms with Crippen molar-refractivity contribution in [3.05, 3.63) is 0 Å². The van der Waals surface area contributed by atoms with Gasteiger partial charge in [-0.1, -0.05) is 13.8 Å².